The largest absolute Gasteiger partial charge is 0.455 e. The van der Waals surface area contributed by atoms with E-state index in [-0.39, 0.29) is 6.42 Å². The monoisotopic (exact) mass is 312 g/mol. The topological polar surface area (TPSA) is 75.7 Å². The first-order valence-electron chi connectivity index (χ1n) is 7.35. The summed E-state index contributed by atoms with van der Waals surface area (Å²) in [6.45, 7) is 0.310. The quantitative estimate of drug-likeness (QED) is 0.868. The molecule has 2 aromatic rings. The van der Waals surface area contributed by atoms with E-state index in [0.29, 0.717) is 13.1 Å². The highest BCUT2D eigenvalue weighted by molar-refractivity contribution is 5.97. The smallest absolute Gasteiger partial charge is 0.324 e. The molecule has 0 spiro atoms. The zero-order valence-corrected chi connectivity index (χ0v) is 12.5. The highest BCUT2D eigenvalue weighted by Gasteiger charge is 2.26. The summed E-state index contributed by atoms with van der Waals surface area (Å²) >= 11 is 0. The Labute approximate surface area is 133 Å². The molecule has 1 saturated heterocycles. The molecule has 1 heterocycles. The molecule has 1 fully saturated rings. The molecule has 118 valence electrons. The standard InChI is InChI=1S/C17H16N2O4/c20-15(19-9-8-18-17(19)22)11-23-16(21)10-13-6-3-5-12-4-1-2-7-14(12)13/h1-7H,8-11H2,(H,18,22). The fourth-order valence-electron chi connectivity index (χ4n) is 2.58. The number of urea groups is 1. The van der Waals surface area contributed by atoms with Crippen molar-refractivity contribution in [1.82, 2.24) is 10.2 Å². The third-order valence-corrected chi connectivity index (χ3v) is 3.73. The molecule has 1 N–H and O–H groups in total. The number of carbonyl (C=O) groups excluding carboxylic acids is 3. The third kappa shape index (κ3) is 3.31. The van der Waals surface area contributed by atoms with E-state index in [1.807, 2.05) is 42.5 Å². The summed E-state index contributed by atoms with van der Waals surface area (Å²) in [4.78, 5) is 36.2. The Bertz CT molecular complexity index is 767. The van der Waals surface area contributed by atoms with E-state index in [1.54, 1.807) is 0 Å². The van der Waals surface area contributed by atoms with Crippen LogP contribution in [-0.4, -0.2) is 42.5 Å². The van der Waals surface area contributed by atoms with Crippen LogP contribution in [0.2, 0.25) is 0 Å². The van der Waals surface area contributed by atoms with Crippen LogP contribution in [0.4, 0.5) is 4.79 Å². The van der Waals surface area contributed by atoms with Crippen molar-refractivity contribution in [3.05, 3.63) is 48.0 Å². The number of hydrogen-bond donors (Lipinski definition) is 1. The van der Waals surface area contributed by atoms with Crippen molar-refractivity contribution >= 4 is 28.7 Å². The summed E-state index contributed by atoms with van der Waals surface area (Å²) in [5.41, 5.74) is 0.847. The number of imide groups is 1. The molecule has 0 atom stereocenters. The van der Waals surface area contributed by atoms with Gasteiger partial charge in [0.15, 0.2) is 6.61 Å². The second kappa shape index (κ2) is 6.48. The molecule has 0 unspecified atom stereocenters. The van der Waals surface area contributed by atoms with Gasteiger partial charge in [-0.2, -0.15) is 0 Å². The van der Waals surface area contributed by atoms with Crippen molar-refractivity contribution in [2.24, 2.45) is 0 Å². The van der Waals surface area contributed by atoms with Gasteiger partial charge in [-0.25, -0.2) is 4.79 Å². The summed E-state index contributed by atoms with van der Waals surface area (Å²) in [6, 6.07) is 13.0. The molecular formula is C17H16N2O4. The van der Waals surface area contributed by atoms with Crippen molar-refractivity contribution in [3.8, 4) is 0 Å². The van der Waals surface area contributed by atoms with Crippen LogP contribution in [0.15, 0.2) is 42.5 Å². The molecule has 1 aliphatic rings. The maximum absolute atomic E-state index is 12.0. The number of benzene rings is 2. The van der Waals surface area contributed by atoms with E-state index in [4.69, 9.17) is 4.74 Å². The second-order valence-corrected chi connectivity index (χ2v) is 5.25. The lowest BCUT2D eigenvalue weighted by Crippen LogP contribution is -2.37. The Morgan fingerprint density at radius 3 is 2.70 bits per heavy atom. The van der Waals surface area contributed by atoms with Crippen molar-refractivity contribution in [3.63, 3.8) is 0 Å². The maximum atomic E-state index is 12.0. The third-order valence-electron chi connectivity index (χ3n) is 3.73. The minimum absolute atomic E-state index is 0.0842. The maximum Gasteiger partial charge on any atom is 0.324 e. The van der Waals surface area contributed by atoms with Crippen molar-refractivity contribution in [1.29, 1.82) is 0 Å². The molecule has 23 heavy (non-hydrogen) atoms. The Hall–Kier alpha value is -2.89. The van der Waals surface area contributed by atoms with Gasteiger partial charge < -0.3 is 10.1 Å². The van der Waals surface area contributed by atoms with E-state index >= 15 is 0 Å². The van der Waals surface area contributed by atoms with E-state index in [1.165, 1.54) is 0 Å². The van der Waals surface area contributed by atoms with Crippen molar-refractivity contribution in [2.45, 2.75) is 6.42 Å². The first-order chi connectivity index (χ1) is 11.1. The number of rotatable bonds is 4. The molecule has 0 aliphatic carbocycles. The van der Waals surface area contributed by atoms with Gasteiger partial charge in [0.25, 0.3) is 5.91 Å². The first-order valence-corrected chi connectivity index (χ1v) is 7.35. The Kier molecular flexibility index (Phi) is 4.23. The number of ether oxygens (including phenoxy) is 1. The first kappa shape index (κ1) is 15.0. The van der Waals surface area contributed by atoms with Crippen molar-refractivity contribution in [2.75, 3.05) is 19.7 Å². The molecule has 6 nitrogen and oxygen atoms in total. The zero-order valence-electron chi connectivity index (χ0n) is 12.5. The van der Waals surface area contributed by atoms with Gasteiger partial charge in [0.1, 0.15) is 0 Å². The van der Waals surface area contributed by atoms with Crippen LogP contribution in [0.3, 0.4) is 0 Å². The second-order valence-electron chi connectivity index (χ2n) is 5.25. The molecule has 2 aromatic carbocycles. The highest BCUT2D eigenvalue weighted by Crippen LogP contribution is 2.19. The number of fused-ring (bicyclic) bond motifs is 1. The van der Waals surface area contributed by atoms with E-state index in [9.17, 15) is 14.4 Å². The van der Waals surface area contributed by atoms with Crippen LogP contribution in [0.1, 0.15) is 5.56 Å². The molecule has 0 bridgehead atoms. The molecule has 6 heteroatoms. The van der Waals surface area contributed by atoms with Crippen LogP contribution >= 0.6 is 0 Å². The average molecular weight is 312 g/mol. The van der Waals surface area contributed by atoms with Gasteiger partial charge in [0.05, 0.1) is 6.42 Å². The Morgan fingerprint density at radius 2 is 1.91 bits per heavy atom. The van der Waals surface area contributed by atoms with E-state index in [0.717, 1.165) is 21.2 Å². The molecular weight excluding hydrogens is 296 g/mol. The lowest BCUT2D eigenvalue weighted by Gasteiger charge is -2.12. The Morgan fingerprint density at radius 1 is 1.13 bits per heavy atom. The van der Waals surface area contributed by atoms with Gasteiger partial charge in [-0.3, -0.25) is 14.5 Å². The fourth-order valence-corrected chi connectivity index (χ4v) is 2.58. The normalized spacial score (nSPS) is 13.9. The SMILES string of the molecule is O=C(Cc1cccc2ccccc12)OCC(=O)N1CCNC1=O. The minimum atomic E-state index is -0.508. The molecule has 0 aromatic heterocycles. The number of amides is 3. The highest BCUT2D eigenvalue weighted by atomic mass is 16.5. The van der Waals surface area contributed by atoms with Crippen molar-refractivity contribution < 1.29 is 19.1 Å². The minimum Gasteiger partial charge on any atom is -0.455 e. The predicted molar refractivity (Wildman–Crippen MR) is 83.7 cm³/mol. The van der Waals surface area contributed by atoms with Gasteiger partial charge >= 0.3 is 12.0 Å². The zero-order chi connectivity index (χ0) is 16.2. The molecule has 1 aliphatic heterocycles. The van der Waals surface area contributed by atoms with E-state index in [2.05, 4.69) is 5.32 Å². The van der Waals surface area contributed by atoms with E-state index < -0.39 is 24.5 Å². The lowest BCUT2D eigenvalue weighted by molar-refractivity contribution is -0.150. The van der Waals surface area contributed by atoms with Gasteiger partial charge in [-0.1, -0.05) is 42.5 Å². The summed E-state index contributed by atoms with van der Waals surface area (Å²) in [5.74, 6) is -0.999. The summed E-state index contributed by atoms with van der Waals surface area (Å²) in [6.07, 6.45) is 0.0842. The van der Waals surface area contributed by atoms with Crippen LogP contribution in [0, 0.1) is 0 Å². The molecule has 3 amide bonds. The number of carbonyl (C=O) groups is 3. The fraction of sp³-hybridized carbons (Fsp3) is 0.235. The summed E-state index contributed by atoms with van der Waals surface area (Å²) in [5, 5.41) is 4.55. The van der Waals surface area contributed by atoms with Crippen LogP contribution in [0.5, 0.6) is 0 Å². The van der Waals surface area contributed by atoms with Gasteiger partial charge in [-0.15, -0.1) is 0 Å². The summed E-state index contributed by atoms with van der Waals surface area (Å²) in [7, 11) is 0. The van der Waals surface area contributed by atoms with Crippen LogP contribution in [0.25, 0.3) is 10.8 Å². The number of hydrogen-bond acceptors (Lipinski definition) is 4. The number of nitrogens with one attached hydrogen (secondary N) is 1. The number of nitrogens with zero attached hydrogens (tertiary/aromatic N) is 1. The summed E-state index contributed by atoms with van der Waals surface area (Å²) < 4.78 is 5.01. The Balaban J connectivity index is 1.61. The number of esters is 1. The van der Waals surface area contributed by atoms with Gasteiger partial charge in [-0.05, 0) is 16.3 Å². The molecule has 3 rings (SSSR count). The lowest BCUT2D eigenvalue weighted by atomic mass is 10.0. The average Bonchev–Trinajstić information content (AvgIpc) is 2.99. The van der Waals surface area contributed by atoms with Crippen LogP contribution in [-0.2, 0) is 20.7 Å². The van der Waals surface area contributed by atoms with Gasteiger partial charge in [0.2, 0.25) is 0 Å². The molecule has 0 radical (unpaired) electrons. The predicted octanol–water partition coefficient (Wildman–Crippen LogP) is 1.48. The van der Waals surface area contributed by atoms with Gasteiger partial charge in [0, 0.05) is 13.1 Å². The molecule has 0 saturated carbocycles. The van der Waals surface area contributed by atoms with Crippen LogP contribution < -0.4 is 5.32 Å².